The van der Waals surface area contributed by atoms with Gasteiger partial charge in [-0.05, 0) is 43.5 Å². The lowest BCUT2D eigenvalue weighted by Crippen LogP contribution is -2.57. The summed E-state index contributed by atoms with van der Waals surface area (Å²) in [7, 11) is 0. The molecule has 0 radical (unpaired) electrons. The molecule has 0 aromatic carbocycles. The van der Waals surface area contributed by atoms with Crippen LogP contribution in [0, 0.1) is 5.41 Å². The van der Waals surface area contributed by atoms with Crippen LogP contribution in [0.5, 0.6) is 0 Å². The molecule has 0 bridgehead atoms. The van der Waals surface area contributed by atoms with Crippen LogP contribution in [0.15, 0.2) is 0 Å². The molecule has 0 aromatic rings. The Morgan fingerprint density at radius 3 is 2.38 bits per heavy atom. The second kappa shape index (κ2) is 4.87. The summed E-state index contributed by atoms with van der Waals surface area (Å²) in [5.74, 6) is 2.56. The van der Waals surface area contributed by atoms with Gasteiger partial charge in [-0.25, -0.2) is 0 Å². The lowest BCUT2D eigenvalue weighted by molar-refractivity contribution is 0.0385. The maximum atomic E-state index is 6.04. The van der Waals surface area contributed by atoms with E-state index in [0.29, 0.717) is 11.0 Å². The molecule has 0 amide bonds. The summed E-state index contributed by atoms with van der Waals surface area (Å²) >= 11 is 2.08. The Balaban J connectivity index is 1.97. The molecule has 16 heavy (non-hydrogen) atoms. The second-order valence-corrected chi connectivity index (χ2v) is 6.99. The fourth-order valence-electron chi connectivity index (χ4n) is 3.01. The zero-order chi connectivity index (χ0) is 11.6. The summed E-state index contributed by atoms with van der Waals surface area (Å²) in [6.07, 6.45) is 5.34. The fraction of sp³-hybridized carbons (Fsp3) is 1.00. The SMILES string of the molecule is CCC1(C)CCN(C2(CN)CCSC2)CC1. The van der Waals surface area contributed by atoms with Crippen LogP contribution in [0.4, 0.5) is 0 Å². The number of rotatable bonds is 3. The van der Waals surface area contributed by atoms with E-state index in [-0.39, 0.29) is 0 Å². The number of hydrogen-bond acceptors (Lipinski definition) is 3. The average molecular weight is 242 g/mol. The Bertz CT molecular complexity index is 228. The molecule has 2 aliphatic heterocycles. The molecule has 2 rings (SSSR count). The van der Waals surface area contributed by atoms with Gasteiger partial charge in [-0.3, -0.25) is 4.90 Å². The van der Waals surface area contributed by atoms with E-state index in [4.69, 9.17) is 5.73 Å². The first-order valence-electron chi connectivity index (χ1n) is 6.67. The third kappa shape index (κ3) is 2.27. The molecule has 2 heterocycles. The molecule has 94 valence electrons. The maximum absolute atomic E-state index is 6.04. The van der Waals surface area contributed by atoms with Crippen molar-refractivity contribution in [3.05, 3.63) is 0 Å². The highest BCUT2D eigenvalue weighted by atomic mass is 32.2. The minimum Gasteiger partial charge on any atom is -0.329 e. The van der Waals surface area contributed by atoms with Gasteiger partial charge in [0.1, 0.15) is 0 Å². The zero-order valence-electron chi connectivity index (χ0n) is 10.8. The van der Waals surface area contributed by atoms with E-state index in [2.05, 4.69) is 30.5 Å². The normalized spacial score (nSPS) is 35.4. The van der Waals surface area contributed by atoms with Crippen LogP contribution in [0.25, 0.3) is 0 Å². The summed E-state index contributed by atoms with van der Waals surface area (Å²) in [6, 6.07) is 0. The number of nitrogens with two attached hydrogens (primary N) is 1. The molecule has 2 saturated heterocycles. The number of thioether (sulfide) groups is 1. The standard InChI is InChI=1S/C13H26N2S/c1-3-12(2)4-7-15(8-5-12)13(10-14)6-9-16-11-13/h3-11,14H2,1-2H3. The molecule has 2 nitrogen and oxygen atoms in total. The average Bonchev–Trinajstić information content (AvgIpc) is 2.80. The van der Waals surface area contributed by atoms with Gasteiger partial charge in [0.15, 0.2) is 0 Å². The molecular weight excluding hydrogens is 216 g/mol. The van der Waals surface area contributed by atoms with Crippen molar-refractivity contribution in [2.24, 2.45) is 11.1 Å². The third-order valence-corrected chi connectivity index (χ3v) is 6.19. The van der Waals surface area contributed by atoms with Crippen LogP contribution < -0.4 is 5.73 Å². The molecule has 2 fully saturated rings. The largest absolute Gasteiger partial charge is 0.329 e. The summed E-state index contributed by atoms with van der Waals surface area (Å²) in [4.78, 5) is 2.70. The van der Waals surface area contributed by atoms with E-state index in [9.17, 15) is 0 Å². The molecule has 2 N–H and O–H groups in total. The topological polar surface area (TPSA) is 29.3 Å². The van der Waals surface area contributed by atoms with Crippen LogP contribution in [0.3, 0.4) is 0 Å². The predicted molar refractivity (Wildman–Crippen MR) is 72.9 cm³/mol. The van der Waals surface area contributed by atoms with E-state index in [0.717, 1.165) is 6.54 Å². The Morgan fingerprint density at radius 1 is 1.25 bits per heavy atom. The van der Waals surface area contributed by atoms with Crippen LogP contribution in [-0.2, 0) is 0 Å². The van der Waals surface area contributed by atoms with Gasteiger partial charge in [0.2, 0.25) is 0 Å². The quantitative estimate of drug-likeness (QED) is 0.823. The highest BCUT2D eigenvalue weighted by Gasteiger charge is 2.41. The summed E-state index contributed by atoms with van der Waals surface area (Å²) in [5.41, 5.74) is 6.99. The molecule has 0 saturated carbocycles. The van der Waals surface area contributed by atoms with Crippen molar-refractivity contribution in [3.8, 4) is 0 Å². The number of piperidine rings is 1. The molecule has 3 heteroatoms. The monoisotopic (exact) mass is 242 g/mol. The van der Waals surface area contributed by atoms with Gasteiger partial charge < -0.3 is 5.73 Å². The Kier molecular flexibility index (Phi) is 3.87. The number of nitrogens with zero attached hydrogens (tertiary/aromatic N) is 1. The van der Waals surface area contributed by atoms with E-state index in [1.54, 1.807) is 0 Å². The summed E-state index contributed by atoms with van der Waals surface area (Å²) in [5, 5.41) is 0. The zero-order valence-corrected chi connectivity index (χ0v) is 11.6. The van der Waals surface area contributed by atoms with Crippen molar-refractivity contribution < 1.29 is 0 Å². The van der Waals surface area contributed by atoms with Crippen LogP contribution in [0.1, 0.15) is 39.5 Å². The lowest BCUT2D eigenvalue weighted by atomic mass is 9.77. The minimum atomic E-state index is 0.347. The van der Waals surface area contributed by atoms with Crippen molar-refractivity contribution >= 4 is 11.8 Å². The van der Waals surface area contributed by atoms with E-state index < -0.39 is 0 Å². The molecule has 1 unspecified atom stereocenters. The first kappa shape index (κ1) is 12.7. The molecule has 2 aliphatic rings. The van der Waals surface area contributed by atoms with E-state index in [1.807, 2.05) is 0 Å². The molecule has 0 aliphatic carbocycles. The third-order valence-electron chi connectivity index (χ3n) is 4.96. The van der Waals surface area contributed by atoms with Crippen LogP contribution in [-0.4, -0.2) is 41.6 Å². The van der Waals surface area contributed by atoms with E-state index in [1.165, 1.54) is 50.3 Å². The van der Waals surface area contributed by atoms with Gasteiger partial charge >= 0.3 is 0 Å². The molecule has 0 aromatic heterocycles. The molecular formula is C13H26N2S. The maximum Gasteiger partial charge on any atom is 0.0429 e. The van der Waals surface area contributed by atoms with Crippen LogP contribution in [0.2, 0.25) is 0 Å². The van der Waals surface area contributed by atoms with Crippen molar-refractivity contribution in [2.75, 3.05) is 31.1 Å². The highest BCUT2D eigenvalue weighted by Crippen LogP contribution is 2.40. The van der Waals surface area contributed by atoms with Crippen LogP contribution >= 0.6 is 11.8 Å². The minimum absolute atomic E-state index is 0.347. The number of likely N-dealkylation sites (tertiary alicyclic amines) is 1. The first-order valence-corrected chi connectivity index (χ1v) is 7.82. The van der Waals surface area contributed by atoms with Gasteiger partial charge in [0.25, 0.3) is 0 Å². The van der Waals surface area contributed by atoms with Gasteiger partial charge in [-0.2, -0.15) is 11.8 Å². The summed E-state index contributed by atoms with van der Waals surface area (Å²) < 4.78 is 0. The fourth-order valence-corrected chi connectivity index (χ4v) is 4.50. The Morgan fingerprint density at radius 2 is 1.94 bits per heavy atom. The highest BCUT2D eigenvalue weighted by molar-refractivity contribution is 7.99. The smallest absolute Gasteiger partial charge is 0.0429 e. The van der Waals surface area contributed by atoms with Crippen molar-refractivity contribution in [1.29, 1.82) is 0 Å². The van der Waals surface area contributed by atoms with Crippen molar-refractivity contribution in [3.63, 3.8) is 0 Å². The molecule has 0 spiro atoms. The van der Waals surface area contributed by atoms with Gasteiger partial charge in [0, 0.05) is 17.8 Å². The first-order chi connectivity index (χ1) is 7.64. The Labute approximate surface area is 104 Å². The van der Waals surface area contributed by atoms with E-state index >= 15 is 0 Å². The second-order valence-electron chi connectivity index (χ2n) is 5.88. The van der Waals surface area contributed by atoms with Crippen molar-refractivity contribution in [1.82, 2.24) is 4.90 Å². The van der Waals surface area contributed by atoms with Gasteiger partial charge in [-0.1, -0.05) is 20.3 Å². The lowest BCUT2D eigenvalue weighted by Gasteiger charge is -2.47. The van der Waals surface area contributed by atoms with Gasteiger partial charge in [-0.15, -0.1) is 0 Å². The van der Waals surface area contributed by atoms with Crippen molar-refractivity contribution in [2.45, 2.75) is 45.1 Å². The Hall–Kier alpha value is 0.270. The summed E-state index contributed by atoms with van der Waals surface area (Å²) in [6.45, 7) is 8.16. The molecule has 1 atom stereocenters. The predicted octanol–water partition coefficient (Wildman–Crippen LogP) is 2.33. The van der Waals surface area contributed by atoms with Gasteiger partial charge in [0.05, 0.1) is 0 Å². The number of hydrogen-bond donors (Lipinski definition) is 1.